The molecule has 6 heteroatoms. The van der Waals surface area contributed by atoms with Crippen LogP contribution in [0.1, 0.15) is 39.8 Å². The van der Waals surface area contributed by atoms with Gasteiger partial charge in [-0.2, -0.15) is 0 Å². The van der Waals surface area contributed by atoms with Crippen molar-refractivity contribution in [2.24, 2.45) is 7.05 Å². The van der Waals surface area contributed by atoms with Gasteiger partial charge < -0.3 is 0 Å². The van der Waals surface area contributed by atoms with E-state index in [9.17, 15) is 14.4 Å². The average molecular weight is 227 g/mol. The van der Waals surface area contributed by atoms with E-state index < -0.39 is 17.1 Å². The van der Waals surface area contributed by atoms with Crippen molar-refractivity contribution in [3.8, 4) is 0 Å². The molecule has 0 saturated heterocycles. The molecule has 0 aliphatic rings. The van der Waals surface area contributed by atoms with Crippen LogP contribution in [0.2, 0.25) is 0 Å². The van der Waals surface area contributed by atoms with Crippen molar-refractivity contribution in [1.29, 1.82) is 0 Å². The summed E-state index contributed by atoms with van der Waals surface area (Å²) in [5, 5.41) is 0. The summed E-state index contributed by atoms with van der Waals surface area (Å²) in [6.07, 6.45) is 0. The van der Waals surface area contributed by atoms with E-state index in [0.717, 1.165) is 13.7 Å². The zero-order chi connectivity index (χ0) is 12.6. The summed E-state index contributed by atoms with van der Waals surface area (Å²) in [6.45, 7) is 6.94. The normalized spacial score (nSPS) is 11.4. The third kappa shape index (κ3) is 1.75. The van der Waals surface area contributed by atoms with Gasteiger partial charge in [-0.3, -0.25) is 0 Å². The Morgan fingerprint density at radius 2 is 1.06 bits per heavy atom. The predicted molar refractivity (Wildman–Crippen MR) is 61.0 cm³/mol. The maximum atomic E-state index is 12.0. The van der Waals surface area contributed by atoms with Crippen molar-refractivity contribution < 1.29 is 0 Å². The minimum Gasteiger partial charge on any atom is -0.248 e. The standard InChI is InChI=1S/C10H17N3O3/c1-6(2)12-8(14)11(5)9(15)13(7(3)4)10(12)16/h6-7H,1-5H3. The second-order valence-corrected chi connectivity index (χ2v) is 4.33. The third-order valence-electron chi connectivity index (χ3n) is 2.43. The van der Waals surface area contributed by atoms with Crippen LogP contribution in [0.4, 0.5) is 0 Å². The van der Waals surface area contributed by atoms with Gasteiger partial charge in [-0.1, -0.05) is 0 Å². The second-order valence-electron chi connectivity index (χ2n) is 4.33. The van der Waals surface area contributed by atoms with Crippen LogP contribution in [0.5, 0.6) is 0 Å². The topological polar surface area (TPSA) is 66.0 Å². The van der Waals surface area contributed by atoms with Crippen LogP contribution in [-0.2, 0) is 7.05 Å². The Kier molecular flexibility index (Phi) is 3.21. The van der Waals surface area contributed by atoms with Gasteiger partial charge in [0.25, 0.3) is 0 Å². The molecule has 0 amide bonds. The minimum atomic E-state index is -0.568. The molecule has 1 heterocycles. The lowest BCUT2D eigenvalue weighted by Gasteiger charge is -2.15. The Morgan fingerprint density at radius 3 is 1.31 bits per heavy atom. The first-order valence-corrected chi connectivity index (χ1v) is 5.23. The van der Waals surface area contributed by atoms with Gasteiger partial charge in [0.15, 0.2) is 0 Å². The summed E-state index contributed by atoms with van der Waals surface area (Å²) in [5.41, 5.74) is -1.68. The van der Waals surface area contributed by atoms with E-state index in [2.05, 4.69) is 0 Å². The molecule has 6 nitrogen and oxygen atoms in total. The first-order chi connectivity index (χ1) is 7.29. The van der Waals surface area contributed by atoms with E-state index in [1.54, 1.807) is 27.7 Å². The van der Waals surface area contributed by atoms with Gasteiger partial charge >= 0.3 is 17.1 Å². The second kappa shape index (κ2) is 4.11. The summed E-state index contributed by atoms with van der Waals surface area (Å²) in [4.78, 5) is 35.4. The Labute approximate surface area is 92.8 Å². The highest BCUT2D eigenvalue weighted by Gasteiger charge is 2.16. The van der Waals surface area contributed by atoms with Gasteiger partial charge in [-0.25, -0.2) is 28.1 Å². The van der Waals surface area contributed by atoms with Crippen LogP contribution in [0.3, 0.4) is 0 Å². The average Bonchev–Trinajstić information content (AvgIpc) is 2.13. The number of hydrogen-bond donors (Lipinski definition) is 0. The summed E-state index contributed by atoms with van der Waals surface area (Å²) < 4.78 is 3.13. The molecule has 1 aromatic rings. The van der Waals surface area contributed by atoms with E-state index in [4.69, 9.17) is 0 Å². The molecule has 0 radical (unpaired) electrons. The highest BCUT2D eigenvalue weighted by atomic mass is 16.2. The van der Waals surface area contributed by atoms with E-state index in [0.29, 0.717) is 0 Å². The molecule has 0 N–H and O–H groups in total. The Balaban J connectivity index is 3.89. The maximum absolute atomic E-state index is 12.0. The number of aromatic nitrogens is 3. The van der Waals surface area contributed by atoms with Gasteiger partial charge in [0.05, 0.1) is 0 Å². The van der Waals surface area contributed by atoms with Crippen LogP contribution in [-0.4, -0.2) is 13.7 Å². The molecule has 0 saturated carbocycles. The molecule has 0 aromatic carbocycles. The molecular formula is C10H17N3O3. The lowest BCUT2D eigenvalue weighted by Crippen LogP contribution is -2.54. The van der Waals surface area contributed by atoms with Crippen LogP contribution < -0.4 is 17.1 Å². The van der Waals surface area contributed by atoms with Crippen molar-refractivity contribution in [3.05, 3.63) is 31.5 Å². The van der Waals surface area contributed by atoms with Crippen molar-refractivity contribution in [2.45, 2.75) is 39.8 Å². The van der Waals surface area contributed by atoms with Gasteiger partial charge in [0.2, 0.25) is 0 Å². The van der Waals surface area contributed by atoms with Gasteiger partial charge in [0, 0.05) is 19.1 Å². The molecule has 16 heavy (non-hydrogen) atoms. The molecule has 0 spiro atoms. The van der Waals surface area contributed by atoms with Crippen LogP contribution >= 0.6 is 0 Å². The molecule has 0 aliphatic heterocycles. The minimum absolute atomic E-state index is 0.267. The molecule has 1 aromatic heterocycles. The lowest BCUT2D eigenvalue weighted by atomic mass is 10.4. The van der Waals surface area contributed by atoms with Crippen molar-refractivity contribution in [1.82, 2.24) is 13.7 Å². The number of nitrogens with zero attached hydrogens (tertiary/aromatic N) is 3. The van der Waals surface area contributed by atoms with Crippen LogP contribution in [0.15, 0.2) is 14.4 Å². The van der Waals surface area contributed by atoms with Crippen molar-refractivity contribution in [2.75, 3.05) is 0 Å². The van der Waals surface area contributed by atoms with E-state index in [-0.39, 0.29) is 12.1 Å². The van der Waals surface area contributed by atoms with Gasteiger partial charge in [-0.15, -0.1) is 0 Å². The highest BCUT2D eigenvalue weighted by molar-refractivity contribution is 4.81. The number of rotatable bonds is 2. The summed E-state index contributed by atoms with van der Waals surface area (Å²) in [6, 6.07) is -0.534. The fourth-order valence-electron chi connectivity index (χ4n) is 1.57. The molecule has 0 fully saturated rings. The van der Waals surface area contributed by atoms with E-state index in [1.165, 1.54) is 7.05 Å². The summed E-state index contributed by atoms with van der Waals surface area (Å²) in [5.74, 6) is 0. The summed E-state index contributed by atoms with van der Waals surface area (Å²) >= 11 is 0. The fraction of sp³-hybridized carbons (Fsp3) is 0.700. The quantitative estimate of drug-likeness (QED) is 0.707. The largest absolute Gasteiger partial charge is 0.336 e. The number of hydrogen-bond acceptors (Lipinski definition) is 3. The molecule has 1 rings (SSSR count). The predicted octanol–water partition coefficient (Wildman–Crippen LogP) is -0.130. The molecular weight excluding hydrogens is 210 g/mol. The summed E-state index contributed by atoms with van der Waals surface area (Å²) in [7, 11) is 1.38. The Hall–Kier alpha value is -1.59. The first kappa shape index (κ1) is 12.5. The van der Waals surface area contributed by atoms with Crippen LogP contribution in [0, 0.1) is 0 Å². The fourth-order valence-corrected chi connectivity index (χ4v) is 1.57. The van der Waals surface area contributed by atoms with E-state index in [1.807, 2.05) is 0 Å². The van der Waals surface area contributed by atoms with Crippen molar-refractivity contribution >= 4 is 0 Å². The SMILES string of the molecule is CC(C)n1c(=O)n(C)c(=O)n(C(C)C)c1=O. The maximum Gasteiger partial charge on any atom is 0.336 e. The van der Waals surface area contributed by atoms with Crippen LogP contribution in [0.25, 0.3) is 0 Å². The zero-order valence-corrected chi connectivity index (χ0v) is 10.2. The van der Waals surface area contributed by atoms with E-state index >= 15 is 0 Å². The smallest absolute Gasteiger partial charge is 0.248 e. The molecule has 0 unspecified atom stereocenters. The van der Waals surface area contributed by atoms with Gasteiger partial charge in [0.1, 0.15) is 0 Å². The molecule has 0 bridgehead atoms. The Bertz CT molecular complexity index is 514. The first-order valence-electron chi connectivity index (χ1n) is 5.23. The molecule has 0 atom stereocenters. The Morgan fingerprint density at radius 1 is 0.750 bits per heavy atom. The van der Waals surface area contributed by atoms with Crippen molar-refractivity contribution in [3.63, 3.8) is 0 Å². The van der Waals surface area contributed by atoms with Gasteiger partial charge in [-0.05, 0) is 27.7 Å². The highest BCUT2D eigenvalue weighted by Crippen LogP contribution is 1.96. The third-order valence-corrected chi connectivity index (χ3v) is 2.43. The molecule has 0 aliphatic carbocycles. The monoisotopic (exact) mass is 227 g/mol. The molecule has 90 valence electrons. The lowest BCUT2D eigenvalue weighted by molar-refractivity contribution is 0.413. The zero-order valence-electron chi connectivity index (χ0n) is 10.2.